The molecule has 0 saturated heterocycles. The molecule has 0 aromatic carbocycles. The minimum absolute atomic E-state index is 0.0930. The first-order chi connectivity index (χ1) is 13.6. The molecule has 8 heteroatoms. The third kappa shape index (κ3) is 4.09. The number of nitrogens with one attached hydrogen (secondary N) is 3. The number of amides is 1. The summed E-state index contributed by atoms with van der Waals surface area (Å²) in [5, 5.41) is 15.3. The van der Waals surface area contributed by atoms with E-state index in [0.717, 1.165) is 49.1 Å². The van der Waals surface area contributed by atoms with Gasteiger partial charge in [-0.2, -0.15) is 5.10 Å². The van der Waals surface area contributed by atoms with Crippen molar-refractivity contribution in [2.24, 2.45) is 5.92 Å². The van der Waals surface area contributed by atoms with Gasteiger partial charge in [0.1, 0.15) is 0 Å². The number of rotatable bonds is 5. The van der Waals surface area contributed by atoms with Crippen molar-refractivity contribution >= 4 is 34.4 Å². The second-order valence-electron chi connectivity index (χ2n) is 7.33. The Kier molecular flexibility index (Phi) is 5.43. The highest BCUT2D eigenvalue weighted by Gasteiger charge is 2.24. The quantitative estimate of drug-likeness (QED) is 0.608. The summed E-state index contributed by atoms with van der Waals surface area (Å²) in [5.41, 5.74) is 2.04. The van der Waals surface area contributed by atoms with E-state index < -0.39 is 0 Å². The average Bonchev–Trinajstić information content (AvgIpc) is 3.12. The zero-order valence-electron chi connectivity index (χ0n) is 15.7. The van der Waals surface area contributed by atoms with E-state index in [1.54, 1.807) is 18.5 Å². The predicted molar refractivity (Wildman–Crippen MR) is 110 cm³/mol. The van der Waals surface area contributed by atoms with Crippen LogP contribution in [0.3, 0.4) is 0 Å². The van der Waals surface area contributed by atoms with Crippen molar-refractivity contribution in [2.75, 3.05) is 11.9 Å². The van der Waals surface area contributed by atoms with Crippen LogP contribution in [0.5, 0.6) is 0 Å². The summed E-state index contributed by atoms with van der Waals surface area (Å²) < 4.78 is 0. The van der Waals surface area contributed by atoms with Crippen LogP contribution < -0.4 is 10.6 Å². The normalized spacial score (nSPS) is 19.5. The Morgan fingerprint density at radius 3 is 2.93 bits per heavy atom. The van der Waals surface area contributed by atoms with Crippen LogP contribution in [0.2, 0.25) is 5.02 Å². The SMILES string of the molecule is Cc1ncc(Cl)cc1C(=O)NC1CCC(CNc2n[nH]c3ncccc23)CC1. The number of hydrogen-bond donors (Lipinski definition) is 3. The maximum absolute atomic E-state index is 12.5. The van der Waals surface area contributed by atoms with Crippen molar-refractivity contribution in [1.82, 2.24) is 25.5 Å². The summed E-state index contributed by atoms with van der Waals surface area (Å²) in [5.74, 6) is 1.32. The van der Waals surface area contributed by atoms with E-state index >= 15 is 0 Å². The van der Waals surface area contributed by atoms with Crippen LogP contribution in [0, 0.1) is 12.8 Å². The van der Waals surface area contributed by atoms with Gasteiger partial charge in [0.2, 0.25) is 0 Å². The highest BCUT2D eigenvalue weighted by atomic mass is 35.5. The second-order valence-corrected chi connectivity index (χ2v) is 7.77. The molecule has 1 amide bonds. The van der Waals surface area contributed by atoms with Gasteiger partial charge < -0.3 is 10.6 Å². The van der Waals surface area contributed by atoms with Crippen LogP contribution in [-0.2, 0) is 0 Å². The molecular weight excluding hydrogens is 376 g/mol. The molecule has 0 spiro atoms. The number of halogens is 1. The minimum Gasteiger partial charge on any atom is -0.368 e. The van der Waals surface area contributed by atoms with Crippen LogP contribution in [0.4, 0.5) is 5.82 Å². The van der Waals surface area contributed by atoms with Crippen molar-refractivity contribution in [1.29, 1.82) is 0 Å². The number of fused-ring (bicyclic) bond motifs is 1. The first kappa shape index (κ1) is 18.7. The molecule has 3 aromatic rings. The molecule has 0 atom stereocenters. The molecule has 3 aromatic heterocycles. The Morgan fingerprint density at radius 1 is 1.29 bits per heavy atom. The van der Waals surface area contributed by atoms with Crippen LogP contribution in [0.1, 0.15) is 41.7 Å². The van der Waals surface area contributed by atoms with E-state index in [1.165, 1.54) is 0 Å². The Hall–Kier alpha value is -2.67. The van der Waals surface area contributed by atoms with Gasteiger partial charge >= 0.3 is 0 Å². The predicted octanol–water partition coefficient (Wildman–Crippen LogP) is 3.72. The number of carbonyl (C=O) groups is 1. The largest absolute Gasteiger partial charge is 0.368 e. The average molecular weight is 399 g/mol. The number of aryl methyl sites for hydroxylation is 1. The molecule has 1 fully saturated rings. The smallest absolute Gasteiger partial charge is 0.253 e. The minimum atomic E-state index is -0.0930. The van der Waals surface area contributed by atoms with E-state index in [0.29, 0.717) is 22.2 Å². The van der Waals surface area contributed by atoms with Crippen LogP contribution in [0.15, 0.2) is 30.6 Å². The summed E-state index contributed by atoms with van der Waals surface area (Å²) in [4.78, 5) is 21.0. The van der Waals surface area contributed by atoms with Gasteiger partial charge in [0, 0.05) is 25.0 Å². The van der Waals surface area contributed by atoms with Crippen molar-refractivity contribution in [3.8, 4) is 0 Å². The number of nitrogens with zero attached hydrogens (tertiary/aromatic N) is 3. The maximum Gasteiger partial charge on any atom is 0.253 e. The molecule has 4 rings (SSSR count). The van der Waals surface area contributed by atoms with E-state index in [4.69, 9.17) is 11.6 Å². The lowest BCUT2D eigenvalue weighted by Crippen LogP contribution is -2.38. The number of aromatic nitrogens is 4. The van der Waals surface area contributed by atoms with Crippen molar-refractivity contribution in [3.63, 3.8) is 0 Å². The van der Waals surface area contributed by atoms with Crippen LogP contribution >= 0.6 is 11.6 Å². The molecule has 1 aliphatic carbocycles. The topological polar surface area (TPSA) is 95.6 Å². The molecule has 0 aliphatic heterocycles. The number of pyridine rings is 2. The number of H-pyrrole nitrogens is 1. The molecule has 1 aliphatic rings. The zero-order chi connectivity index (χ0) is 19.5. The number of hydrogen-bond acceptors (Lipinski definition) is 5. The number of aromatic amines is 1. The Bertz CT molecular complexity index is 980. The molecular formula is C20H23ClN6O. The summed E-state index contributed by atoms with van der Waals surface area (Å²) in [6, 6.07) is 5.79. The molecule has 0 unspecified atom stereocenters. The molecule has 0 radical (unpaired) electrons. The fourth-order valence-corrected chi connectivity index (χ4v) is 3.90. The highest BCUT2D eigenvalue weighted by Crippen LogP contribution is 2.26. The number of carbonyl (C=O) groups excluding carboxylic acids is 1. The summed E-state index contributed by atoms with van der Waals surface area (Å²) in [7, 11) is 0. The lowest BCUT2D eigenvalue weighted by Gasteiger charge is -2.29. The van der Waals surface area contributed by atoms with Gasteiger partial charge in [0.05, 0.1) is 21.7 Å². The van der Waals surface area contributed by atoms with Gasteiger partial charge in [-0.3, -0.25) is 14.9 Å². The van der Waals surface area contributed by atoms with Gasteiger partial charge in [-0.1, -0.05) is 11.6 Å². The number of anilines is 1. The van der Waals surface area contributed by atoms with E-state index in [-0.39, 0.29) is 11.9 Å². The second kappa shape index (κ2) is 8.14. The fraction of sp³-hybridized carbons (Fsp3) is 0.400. The van der Waals surface area contributed by atoms with Gasteiger partial charge in [-0.05, 0) is 56.7 Å². The molecule has 3 N–H and O–H groups in total. The summed E-state index contributed by atoms with van der Waals surface area (Å²) >= 11 is 5.98. The van der Waals surface area contributed by atoms with Crippen molar-refractivity contribution in [3.05, 3.63) is 46.9 Å². The van der Waals surface area contributed by atoms with Gasteiger partial charge in [0.25, 0.3) is 5.91 Å². The van der Waals surface area contributed by atoms with Crippen LogP contribution in [0.25, 0.3) is 11.0 Å². The fourth-order valence-electron chi connectivity index (χ4n) is 3.74. The monoisotopic (exact) mass is 398 g/mol. The standard InChI is InChI=1S/C20H23ClN6O/c1-12-17(9-14(21)11-23-12)20(28)25-15-6-4-13(5-7-15)10-24-19-16-3-2-8-22-18(16)26-27-19/h2-3,8-9,11,13,15H,4-7,10H2,1H3,(H,25,28)(H2,22,24,26,27). The Balaban J connectivity index is 1.27. The molecule has 146 valence electrons. The van der Waals surface area contributed by atoms with Crippen molar-refractivity contribution < 1.29 is 4.79 Å². The molecule has 1 saturated carbocycles. The van der Waals surface area contributed by atoms with Gasteiger partial charge in [-0.25, -0.2) is 4.98 Å². The molecule has 28 heavy (non-hydrogen) atoms. The Labute approximate surface area is 168 Å². The summed E-state index contributed by atoms with van der Waals surface area (Å²) in [6.07, 6.45) is 7.37. The maximum atomic E-state index is 12.5. The first-order valence-corrected chi connectivity index (χ1v) is 9.94. The lowest BCUT2D eigenvalue weighted by atomic mass is 9.86. The molecule has 0 bridgehead atoms. The van der Waals surface area contributed by atoms with E-state index in [1.807, 2.05) is 19.1 Å². The molecule has 3 heterocycles. The zero-order valence-corrected chi connectivity index (χ0v) is 16.5. The molecule has 7 nitrogen and oxygen atoms in total. The summed E-state index contributed by atoms with van der Waals surface area (Å²) in [6.45, 7) is 2.69. The van der Waals surface area contributed by atoms with Gasteiger partial charge in [-0.15, -0.1) is 0 Å². The Morgan fingerprint density at radius 2 is 2.11 bits per heavy atom. The van der Waals surface area contributed by atoms with Crippen LogP contribution in [-0.4, -0.2) is 38.7 Å². The first-order valence-electron chi connectivity index (χ1n) is 9.56. The van der Waals surface area contributed by atoms with E-state index in [2.05, 4.69) is 30.8 Å². The lowest BCUT2D eigenvalue weighted by molar-refractivity contribution is 0.0921. The van der Waals surface area contributed by atoms with Gasteiger partial charge in [0.15, 0.2) is 11.5 Å². The van der Waals surface area contributed by atoms with Crippen molar-refractivity contribution in [2.45, 2.75) is 38.6 Å². The van der Waals surface area contributed by atoms with E-state index in [9.17, 15) is 4.79 Å². The highest BCUT2D eigenvalue weighted by molar-refractivity contribution is 6.30. The third-order valence-corrected chi connectivity index (χ3v) is 5.58. The third-order valence-electron chi connectivity index (χ3n) is 5.37.